The molecule has 34 heteroatoms. The fourth-order valence-electron chi connectivity index (χ4n) is 14.2. The van der Waals surface area contributed by atoms with E-state index in [1.807, 2.05) is 6.08 Å². The van der Waals surface area contributed by atoms with Gasteiger partial charge in [-0.2, -0.15) is 0 Å². The average molecular weight is 1550 g/mol. The Hall–Kier alpha value is -3.42. The Morgan fingerprint density at radius 3 is 1.44 bits per heavy atom. The van der Waals surface area contributed by atoms with Crippen LogP contribution in [-0.2, 0) is 66.5 Å². The largest absolute Gasteiger partial charge is 0.477 e. The van der Waals surface area contributed by atoms with Gasteiger partial charge in [-0.3, -0.25) is 14.4 Å². The number of amides is 3. The van der Waals surface area contributed by atoms with Gasteiger partial charge in [-0.05, 0) is 19.3 Å². The molecule has 0 radical (unpaired) electrons. The molecule has 5 aliphatic heterocycles. The number of hydrogen-bond acceptors (Lipinski definition) is 30. The van der Waals surface area contributed by atoms with Crippen LogP contribution in [0, 0.1) is 0 Å². The summed E-state index contributed by atoms with van der Waals surface area (Å²) in [6, 6.07) is -4.64. The third-order valence-electron chi connectivity index (χ3n) is 20.6. The average Bonchev–Trinajstić information content (AvgIpc) is 0.793. The van der Waals surface area contributed by atoms with Gasteiger partial charge in [0.15, 0.2) is 25.2 Å². The monoisotopic (exact) mass is 1550 g/mol. The number of hydrogen-bond donors (Lipinski definition) is 20. The van der Waals surface area contributed by atoms with E-state index in [9.17, 15) is 106 Å². The van der Waals surface area contributed by atoms with E-state index >= 15 is 0 Å². The van der Waals surface area contributed by atoms with Crippen LogP contribution in [0.25, 0.3) is 0 Å². The number of allylic oxidation sites excluding steroid dienone is 1. The van der Waals surface area contributed by atoms with E-state index in [0.29, 0.717) is 12.8 Å². The molecule has 0 aromatic carbocycles. The van der Waals surface area contributed by atoms with Crippen LogP contribution in [0.2, 0.25) is 0 Å². The SMILES string of the molecule is CCCCCCCCCCCCCC=CC(O)C(COC1OC(CO)C(OC2OC(CO)C(OC3OC(CO)C(O)C(OC4OC(CO)C(O)C(O)C4O)C3NC(C)=O)C(OCC(O)C(O)C3OC(O)(C(=O)O)CC(O)C3NC(C)=O)C2O)C(O)C1O)NC(=O)CCCCCCCCCCCCCCCCC. The fourth-order valence-corrected chi connectivity index (χ4v) is 14.2. The standard InChI is InChI=1S/C73H131N3O31/c1-5-7-9-11-13-15-17-19-20-22-24-26-28-30-32-34-52(86)76-44(45(83)33-31-29-27-25-23-21-18-16-14-12-10-8-6-2)40-99-69-61(93)59(91)63(50(38-79)102-69)104-71-62(94)67(98-41-47(85)55(87)66-53(74-42(3)81)46(84)35-73(97,107-66)72(95)96)64(51(39-80)103-71)105-68-54(75-43(4)82)65(57(89)49(37-78)100-68)106-70-60(92)58(90)56(88)48(36-77)101-70/h31,33,44-51,53-71,77-80,83-85,87-94,97H,5-30,32,34-41H2,1-4H3,(H,74,81)(H,75,82)(H,76,86)(H,95,96). The first-order chi connectivity index (χ1) is 51.2. The fraction of sp³-hybridized carbons (Fsp3) is 0.918. The van der Waals surface area contributed by atoms with Crippen molar-refractivity contribution in [2.75, 3.05) is 39.6 Å². The van der Waals surface area contributed by atoms with Crippen molar-refractivity contribution >= 4 is 23.7 Å². The van der Waals surface area contributed by atoms with E-state index in [0.717, 1.165) is 65.2 Å². The van der Waals surface area contributed by atoms with Gasteiger partial charge in [-0.15, -0.1) is 0 Å². The van der Waals surface area contributed by atoms with Gasteiger partial charge in [0.25, 0.3) is 5.79 Å². The normalized spacial score (nSPS) is 34.6. The molecule has 3 amide bonds. The maximum atomic E-state index is 13.6. The summed E-state index contributed by atoms with van der Waals surface area (Å²) < 4.78 is 59.3. The van der Waals surface area contributed by atoms with E-state index in [1.54, 1.807) is 6.08 Å². The quantitative estimate of drug-likeness (QED) is 0.0255. The summed E-state index contributed by atoms with van der Waals surface area (Å²) in [6.07, 6.45) is -14.5. The molecule has 624 valence electrons. The molecule has 5 fully saturated rings. The van der Waals surface area contributed by atoms with Crippen molar-refractivity contribution in [3.8, 4) is 0 Å². The number of nitrogens with one attached hydrogen (secondary N) is 3. The predicted octanol–water partition coefficient (Wildman–Crippen LogP) is -1.04. The van der Waals surface area contributed by atoms with Crippen molar-refractivity contribution in [3.05, 3.63) is 12.2 Å². The van der Waals surface area contributed by atoms with Crippen LogP contribution in [0.15, 0.2) is 12.2 Å². The number of aliphatic hydroxyl groups is 16. The highest BCUT2D eigenvalue weighted by Crippen LogP contribution is 2.37. The lowest BCUT2D eigenvalue weighted by Gasteiger charge is -2.50. The zero-order valence-electron chi connectivity index (χ0n) is 62.8. The maximum absolute atomic E-state index is 13.6. The highest BCUT2D eigenvalue weighted by atomic mass is 16.8. The molecule has 107 heavy (non-hydrogen) atoms. The molecular weight excluding hydrogens is 1410 g/mol. The molecule has 5 heterocycles. The van der Waals surface area contributed by atoms with Crippen LogP contribution in [0.4, 0.5) is 0 Å². The first-order valence-electron chi connectivity index (χ1n) is 39.1. The van der Waals surface area contributed by atoms with E-state index in [-0.39, 0.29) is 12.3 Å². The molecule has 20 N–H and O–H groups in total. The Bertz CT molecular complexity index is 2500. The van der Waals surface area contributed by atoms with Gasteiger partial charge >= 0.3 is 5.97 Å². The summed E-state index contributed by atoms with van der Waals surface area (Å²) in [5.74, 6) is -7.31. The summed E-state index contributed by atoms with van der Waals surface area (Å²) in [5.41, 5.74) is 0. The predicted molar refractivity (Wildman–Crippen MR) is 378 cm³/mol. The number of unbranched alkanes of at least 4 members (excludes halogenated alkanes) is 25. The second-order valence-corrected chi connectivity index (χ2v) is 29.3. The molecule has 0 aromatic heterocycles. The first kappa shape index (κ1) is 94.2. The second kappa shape index (κ2) is 49.9. The number of aliphatic carboxylic acids is 1. The Morgan fingerprint density at radius 2 is 0.916 bits per heavy atom. The summed E-state index contributed by atoms with van der Waals surface area (Å²) in [6.45, 7) is 0.591. The third kappa shape index (κ3) is 29.8. The van der Waals surface area contributed by atoms with Crippen LogP contribution >= 0.6 is 0 Å². The molecular formula is C73H131N3O31. The van der Waals surface area contributed by atoms with E-state index in [4.69, 9.17) is 47.4 Å². The van der Waals surface area contributed by atoms with Gasteiger partial charge in [0.1, 0.15) is 116 Å². The van der Waals surface area contributed by atoms with Gasteiger partial charge in [0.2, 0.25) is 17.7 Å². The van der Waals surface area contributed by atoms with E-state index in [1.165, 1.54) is 109 Å². The molecule has 0 saturated carbocycles. The molecule has 28 unspecified atom stereocenters. The van der Waals surface area contributed by atoms with Gasteiger partial charge in [-0.1, -0.05) is 180 Å². The minimum Gasteiger partial charge on any atom is -0.477 e. The van der Waals surface area contributed by atoms with Crippen molar-refractivity contribution in [2.24, 2.45) is 0 Å². The molecule has 5 aliphatic rings. The number of carbonyl (C=O) groups excluding carboxylic acids is 3. The van der Waals surface area contributed by atoms with Crippen LogP contribution in [0.1, 0.15) is 214 Å². The molecule has 0 bridgehead atoms. The summed E-state index contributed by atoms with van der Waals surface area (Å²) in [7, 11) is 0. The lowest BCUT2D eigenvalue weighted by Crippen LogP contribution is -2.70. The topological polar surface area (TPSA) is 541 Å². The zero-order chi connectivity index (χ0) is 78.8. The van der Waals surface area contributed by atoms with Crippen molar-refractivity contribution in [1.29, 1.82) is 0 Å². The molecule has 5 saturated heterocycles. The number of carboxylic acid groups (broad SMARTS) is 1. The van der Waals surface area contributed by atoms with Crippen LogP contribution in [0.3, 0.4) is 0 Å². The van der Waals surface area contributed by atoms with Gasteiger partial charge in [-0.25, -0.2) is 4.79 Å². The Balaban J connectivity index is 1.36. The molecule has 0 aromatic rings. The van der Waals surface area contributed by atoms with Crippen molar-refractivity contribution < 1.29 is 153 Å². The second-order valence-electron chi connectivity index (χ2n) is 29.3. The smallest absolute Gasteiger partial charge is 0.364 e. The molecule has 5 rings (SSSR count). The van der Waals surface area contributed by atoms with Crippen LogP contribution in [0.5, 0.6) is 0 Å². The summed E-state index contributed by atoms with van der Waals surface area (Å²) in [5, 5.41) is 196. The molecule has 34 nitrogen and oxygen atoms in total. The summed E-state index contributed by atoms with van der Waals surface area (Å²) in [4.78, 5) is 51.1. The van der Waals surface area contributed by atoms with E-state index < -0.39 is 235 Å². The minimum absolute atomic E-state index is 0.148. The highest BCUT2D eigenvalue weighted by molar-refractivity contribution is 5.77. The van der Waals surface area contributed by atoms with Crippen molar-refractivity contribution in [3.63, 3.8) is 0 Å². The van der Waals surface area contributed by atoms with Crippen molar-refractivity contribution in [1.82, 2.24) is 16.0 Å². The zero-order valence-corrected chi connectivity index (χ0v) is 62.8. The molecule has 28 atom stereocenters. The lowest BCUT2D eigenvalue weighted by atomic mass is 9.88. The van der Waals surface area contributed by atoms with Crippen LogP contribution in [-0.4, -0.2) is 321 Å². The number of ether oxygens (including phenoxy) is 10. The third-order valence-corrected chi connectivity index (χ3v) is 20.6. The lowest BCUT2D eigenvalue weighted by molar-refractivity contribution is -0.383. The van der Waals surface area contributed by atoms with Gasteiger partial charge in [0, 0.05) is 26.7 Å². The number of rotatable bonds is 52. The molecule has 0 spiro atoms. The Kier molecular flexibility index (Phi) is 44.0. The highest BCUT2D eigenvalue weighted by Gasteiger charge is 2.58. The first-order valence-corrected chi connectivity index (χ1v) is 39.1. The van der Waals surface area contributed by atoms with Crippen molar-refractivity contribution in [2.45, 2.75) is 385 Å². The Labute approximate surface area is 627 Å². The summed E-state index contributed by atoms with van der Waals surface area (Å²) >= 11 is 0. The van der Waals surface area contributed by atoms with Gasteiger partial charge in [0.05, 0.1) is 63.9 Å². The Morgan fingerprint density at radius 1 is 0.477 bits per heavy atom. The van der Waals surface area contributed by atoms with Crippen LogP contribution < -0.4 is 16.0 Å². The van der Waals surface area contributed by atoms with Gasteiger partial charge < -0.3 is 150 Å². The number of aliphatic hydroxyl groups excluding tert-OH is 15. The minimum atomic E-state index is -3.19. The van der Waals surface area contributed by atoms with E-state index in [2.05, 4.69) is 29.8 Å². The number of carbonyl (C=O) groups is 4. The number of carboxylic acids is 1. The maximum Gasteiger partial charge on any atom is 0.364 e. The molecule has 0 aliphatic carbocycles.